The molecule has 0 radical (unpaired) electrons. The monoisotopic (exact) mass is 299 g/mol. The Hall–Kier alpha value is -2.19. The minimum Gasteiger partial charge on any atom is -0.475 e. The van der Waals surface area contributed by atoms with Crippen LogP contribution in [-0.2, 0) is 16.6 Å². The molecule has 8 heteroatoms. The van der Waals surface area contributed by atoms with Crippen molar-refractivity contribution in [3.63, 3.8) is 0 Å². The first-order chi connectivity index (χ1) is 9.40. The summed E-state index contributed by atoms with van der Waals surface area (Å²) < 4.78 is 43.8. The van der Waals surface area contributed by atoms with Crippen molar-refractivity contribution in [2.24, 2.45) is 0 Å². The maximum atomic E-state index is 13.3. The van der Waals surface area contributed by atoms with E-state index in [9.17, 15) is 17.6 Å². The first-order valence-corrected chi connectivity index (χ1v) is 6.94. The lowest BCUT2D eigenvalue weighted by atomic mass is 10.2. The van der Waals surface area contributed by atoms with Crippen LogP contribution in [0.15, 0.2) is 45.9 Å². The van der Waals surface area contributed by atoms with Crippen LogP contribution in [0.2, 0.25) is 0 Å². The molecule has 0 unspecified atom stereocenters. The fraction of sp³-hybridized carbons (Fsp3) is 0.0833. The van der Waals surface area contributed by atoms with Gasteiger partial charge in [-0.1, -0.05) is 18.2 Å². The molecule has 0 spiro atoms. The van der Waals surface area contributed by atoms with Gasteiger partial charge in [-0.25, -0.2) is 22.3 Å². The van der Waals surface area contributed by atoms with Crippen molar-refractivity contribution in [2.75, 3.05) is 0 Å². The van der Waals surface area contributed by atoms with Crippen LogP contribution in [-0.4, -0.2) is 19.5 Å². The van der Waals surface area contributed by atoms with Gasteiger partial charge in [0.25, 0.3) is 10.0 Å². The van der Waals surface area contributed by atoms with Gasteiger partial charge in [0.2, 0.25) is 10.9 Å². The van der Waals surface area contributed by atoms with Crippen molar-refractivity contribution >= 4 is 16.0 Å². The number of aromatic carboxylic acids is 1. The molecule has 2 N–H and O–H groups in total. The SMILES string of the molecule is O=C(O)c1ccc(S(=O)(=O)NCc2ccccc2F)o1. The second-order valence-electron chi connectivity index (χ2n) is 3.84. The van der Waals surface area contributed by atoms with E-state index in [1.165, 1.54) is 18.2 Å². The Morgan fingerprint density at radius 2 is 1.95 bits per heavy atom. The first-order valence-electron chi connectivity index (χ1n) is 5.46. The lowest BCUT2D eigenvalue weighted by molar-refractivity contribution is 0.0656. The van der Waals surface area contributed by atoms with Gasteiger partial charge in [-0.15, -0.1) is 0 Å². The topological polar surface area (TPSA) is 96.6 Å². The third-order valence-corrected chi connectivity index (χ3v) is 3.74. The van der Waals surface area contributed by atoms with Crippen LogP contribution in [0.25, 0.3) is 0 Å². The zero-order valence-electron chi connectivity index (χ0n) is 10.0. The molecule has 0 fully saturated rings. The van der Waals surface area contributed by atoms with Gasteiger partial charge in [0, 0.05) is 12.1 Å². The molecule has 2 rings (SSSR count). The smallest absolute Gasteiger partial charge is 0.371 e. The highest BCUT2D eigenvalue weighted by atomic mass is 32.2. The zero-order valence-corrected chi connectivity index (χ0v) is 10.9. The quantitative estimate of drug-likeness (QED) is 0.874. The van der Waals surface area contributed by atoms with E-state index in [0.29, 0.717) is 0 Å². The summed E-state index contributed by atoms with van der Waals surface area (Å²) in [5.41, 5.74) is 0.168. The van der Waals surface area contributed by atoms with Crippen LogP contribution >= 0.6 is 0 Å². The van der Waals surface area contributed by atoms with E-state index < -0.39 is 32.7 Å². The maximum Gasteiger partial charge on any atom is 0.371 e. The first kappa shape index (κ1) is 14.2. The van der Waals surface area contributed by atoms with Gasteiger partial charge in [-0.2, -0.15) is 0 Å². The Morgan fingerprint density at radius 1 is 1.25 bits per heavy atom. The standard InChI is InChI=1S/C12H10FNO5S/c13-9-4-2-1-3-8(9)7-14-20(17,18)11-6-5-10(19-11)12(15)16/h1-6,14H,7H2,(H,15,16). The average Bonchev–Trinajstić information content (AvgIpc) is 2.88. The van der Waals surface area contributed by atoms with Crippen molar-refractivity contribution in [3.8, 4) is 0 Å². The number of furan rings is 1. The van der Waals surface area contributed by atoms with E-state index in [1.807, 2.05) is 0 Å². The zero-order chi connectivity index (χ0) is 14.8. The summed E-state index contributed by atoms with van der Waals surface area (Å²) in [4.78, 5) is 10.6. The molecule has 0 atom stereocenters. The second kappa shape index (κ2) is 5.43. The molecule has 106 valence electrons. The predicted molar refractivity (Wildman–Crippen MR) is 66.1 cm³/mol. The van der Waals surface area contributed by atoms with Crippen LogP contribution in [0.4, 0.5) is 4.39 Å². The van der Waals surface area contributed by atoms with Crippen LogP contribution < -0.4 is 4.72 Å². The summed E-state index contributed by atoms with van der Waals surface area (Å²) in [5.74, 6) is -2.40. The van der Waals surface area contributed by atoms with Gasteiger partial charge >= 0.3 is 5.97 Å². The number of rotatable bonds is 5. The van der Waals surface area contributed by atoms with Crippen molar-refractivity contribution in [2.45, 2.75) is 11.6 Å². The molecule has 0 saturated carbocycles. The fourth-order valence-corrected chi connectivity index (χ4v) is 2.40. The molecule has 0 saturated heterocycles. The third-order valence-electron chi connectivity index (χ3n) is 2.47. The Labute approximate surface area is 113 Å². The van der Waals surface area contributed by atoms with Crippen molar-refractivity contribution in [1.82, 2.24) is 4.72 Å². The molecule has 1 aromatic heterocycles. The minimum absolute atomic E-state index is 0.168. The molecule has 6 nitrogen and oxygen atoms in total. The number of carboxylic acids is 1. The molecule has 0 aliphatic carbocycles. The molecular weight excluding hydrogens is 289 g/mol. The third kappa shape index (κ3) is 3.03. The van der Waals surface area contributed by atoms with Crippen LogP contribution in [0, 0.1) is 5.82 Å². The van der Waals surface area contributed by atoms with Gasteiger partial charge in [-0.05, 0) is 18.2 Å². The van der Waals surface area contributed by atoms with Crippen molar-refractivity contribution in [1.29, 1.82) is 0 Å². The number of benzene rings is 1. The number of sulfonamides is 1. The number of nitrogens with one attached hydrogen (secondary N) is 1. The second-order valence-corrected chi connectivity index (χ2v) is 5.54. The van der Waals surface area contributed by atoms with Gasteiger partial charge in [0.1, 0.15) is 5.82 Å². The maximum absolute atomic E-state index is 13.3. The highest BCUT2D eigenvalue weighted by molar-refractivity contribution is 7.89. The Kier molecular flexibility index (Phi) is 3.86. The van der Waals surface area contributed by atoms with Crippen LogP contribution in [0.5, 0.6) is 0 Å². The van der Waals surface area contributed by atoms with E-state index in [0.717, 1.165) is 12.1 Å². The average molecular weight is 299 g/mol. The summed E-state index contributed by atoms with van der Waals surface area (Å²) >= 11 is 0. The molecule has 0 aliphatic rings. The summed E-state index contributed by atoms with van der Waals surface area (Å²) in [6.45, 7) is -0.266. The number of carboxylic acid groups (broad SMARTS) is 1. The van der Waals surface area contributed by atoms with Crippen LogP contribution in [0.1, 0.15) is 16.1 Å². The highest BCUT2D eigenvalue weighted by Gasteiger charge is 2.21. The highest BCUT2D eigenvalue weighted by Crippen LogP contribution is 2.15. The normalized spacial score (nSPS) is 11.4. The lowest BCUT2D eigenvalue weighted by Gasteiger charge is -2.05. The molecular formula is C12H10FNO5S. The Morgan fingerprint density at radius 3 is 2.55 bits per heavy atom. The van der Waals surface area contributed by atoms with Crippen molar-refractivity contribution < 1.29 is 27.1 Å². The molecule has 0 amide bonds. The summed E-state index contributed by atoms with van der Waals surface area (Å²) in [6.07, 6.45) is 0. The molecule has 20 heavy (non-hydrogen) atoms. The number of halogens is 1. The van der Waals surface area contributed by atoms with Gasteiger partial charge in [-0.3, -0.25) is 0 Å². The number of hydrogen-bond donors (Lipinski definition) is 2. The Balaban J connectivity index is 2.15. The Bertz CT molecular complexity index is 738. The minimum atomic E-state index is -4.03. The van der Waals surface area contributed by atoms with E-state index in [1.54, 1.807) is 6.07 Å². The molecule has 1 aromatic carbocycles. The summed E-state index contributed by atoms with van der Waals surface area (Å²) in [6, 6.07) is 7.75. The molecule has 1 heterocycles. The van der Waals surface area contributed by atoms with Gasteiger partial charge in [0.15, 0.2) is 0 Å². The summed E-state index contributed by atoms with van der Waals surface area (Å²) in [5, 5.41) is 8.11. The molecule has 2 aromatic rings. The van der Waals surface area contributed by atoms with E-state index in [-0.39, 0.29) is 12.1 Å². The predicted octanol–water partition coefficient (Wildman–Crippen LogP) is 1.60. The van der Waals surface area contributed by atoms with Crippen molar-refractivity contribution in [3.05, 3.63) is 53.5 Å². The number of carbonyl (C=O) groups is 1. The van der Waals surface area contributed by atoms with E-state index >= 15 is 0 Å². The number of hydrogen-bond acceptors (Lipinski definition) is 4. The largest absolute Gasteiger partial charge is 0.475 e. The lowest BCUT2D eigenvalue weighted by Crippen LogP contribution is -2.23. The summed E-state index contributed by atoms with van der Waals surface area (Å²) in [7, 11) is -4.03. The molecule has 0 bridgehead atoms. The molecule has 0 aliphatic heterocycles. The van der Waals surface area contributed by atoms with Gasteiger partial charge in [0.05, 0.1) is 0 Å². The van der Waals surface area contributed by atoms with E-state index in [4.69, 9.17) is 5.11 Å². The van der Waals surface area contributed by atoms with Crippen LogP contribution in [0.3, 0.4) is 0 Å². The fourth-order valence-electron chi connectivity index (χ4n) is 1.47. The van der Waals surface area contributed by atoms with E-state index in [2.05, 4.69) is 9.14 Å². The van der Waals surface area contributed by atoms with Gasteiger partial charge < -0.3 is 9.52 Å².